The van der Waals surface area contributed by atoms with E-state index in [4.69, 9.17) is 9.47 Å². The molecule has 1 aliphatic rings. The molecule has 4 heteroatoms. The third-order valence-corrected chi connectivity index (χ3v) is 6.68. The highest BCUT2D eigenvalue weighted by molar-refractivity contribution is 5.98. The van der Waals surface area contributed by atoms with Crippen LogP contribution in [-0.2, 0) is 11.3 Å². The SMILES string of the molecule is CC[C@H](CC1CCCCC1)NCc1cc(-c2ccccc2C)c(C(=O)OC)cc1OC. The third kappa shape index (κ3) is 5.88. The molecule has 2 aromatic carbocycles. The predicted octanol–water partition coefficient (Wildman–Crippen LogP) is 6.30. The Morgan fingerprint density at radius 2 is 1.84 bits per heavy atom. The van der Waals surface area contributed by atoms with E-state index < -0.39 is 0 Å². The van der Waals surface area contributed by atoms with Crippen LogP contribution >= 0.6 is 0 Å². The zero-order valence-corrected chi connectivity index (χ0v) is 19.5. The van der Waals surface area contributed by atoms with E-state index in [1.807, 2.05) is 18.2 Å². The van der Waals surface area contributed by atoms with E-state index in [0.29, 0.717) is 18.2 Å². The first-order chi connectivity index (χ1) is 15.1. The Bertz CT molecular complexity index is 871. The van der Waals surface area contributed by atoms with E-state index in [9.17, 15) is 4.79 Å². The number of benzene rings is 2. The quantitative estimate of drug-likeness (QED) is 0.481. The van der Waals surface area contributed by atoms with Crippen LogP contribution in [0.15, 0.2) is 36.4 Å². The summed E-state index contributed by atoms with van der Waals surface area (Å²) in [6.07, 6.45) is 9.24. The van der Waals surface area contributed by atoms with Crippen molar-refractivity contribution >= 4 is 5.97 Å². The molecule has 1 saturated carbocycles. The maximum Gasteiger partial charge on any atom is 0.338 e. The highest BCUT2D eigenvalue weighted by Gasteiger charge is 2.21. The molecule has 3 rings (SSSR count). The van der Waals surface area contributed by atoms with Gasteiger partial charge >= 0.3 is 5.97 Å². The van der Waals surface area contributed by atoms with Crippen LogP contribution in [0.25, 0.3) is 11.1 Å². The highest BCUT2D eigenvalue weighted by atomic mass is 16.5. The lowest BCUT2D eigenvalue weighted by molar-refractivity contribution is 0.0601. The summed E-state index contributed by atoms with van der Waals surface area (Å²) in [5.74, 6) is 1.22. The van der Waals surface area contributed by atoms with Crippen molar-refractivity contribution < 1.29 is 14.3 Å². The van der Waals surface area contributed by atoms with Crippen LogP contribution in [0, 0.1) is 12.8 Å². The van der Waals surface area contributed by atoms with E-state index >= 15 is 0 Å². The average molecular weight is 424 g/mol. The maximum atomic E-state index is 12.5. The van der Waals surface area contributed by atoms with Crippen LogP contribution in [-0.4, -0.2) is 26.2 Å². The standard InChI is InChI=1S/C27H37NO3/c1-5-22(15-20-12-7-6-8-13-20)28-18-21-16-24(23-14-10-9-11-19(23)2)25(27(29)31-4)17-26(21)30-3/h9-11,14,16-17,20,22,28H,5-8,12-13,15,18H2,1-4H3/t22-/m1/s1. The monoisotopic (exact) mass is 423 g/mol. The molecule has 1 fully saturated rings. The molecule has 168 valence electrons. The number of nitrogens with one attached hydrogen (secondary N) is 1. The van der Waals surface area contributed by atoms with Gasteiger partial charge in [-0.15, -0.1) is 0 Å². The molecule has 1 atom stereocenters. The Hall–Kier alpha value is -2.33. The van der Waals surface area contributed by atoms with Gasteiger partial charge in [-0.2, -0.15) is 0 Å². The lowest BCUT2D eigenvalue weighted by Crippen LogP contribution is -2.31. The first-order valence-corrected chi connectivity index (χ1v) is 11.7. The minimum atomic E-state index is -0.347. The van der Waals surface area contributed by atoms with Crippen LogP contribution in [0.5, 0.6) is 5.75 Å². The number of ether oxygens (including phenoxy) is 2. The van der Waals surface area contributed by atoms with Crippen molar-refractivity contribution in [3.05, 3.63) is 53.1 Å². The predicted molar refractivity (Wildman–Crippen MR) is 127 cm³/mol. The fourth-order valence-electron chi connectivity index (χ4n) is 4.80. The largest absolute Gasteiger partial charge is 0.496 e. The Balaban J connectivity index is 1.87. The second-order valence-corrected chi connectivity index (χ2v) is 8.74. The summed E-state index contributed by atoms with van der Waals surface area (Å²) in [6.45, 7) is 5.04. The van der Waals surface area contributed by atoms with Crippen molar-refractivity contribution in [1.29, 1.82) is 0 Å². The van der Waals surface area contributed by atoms with Crippen molar-refractivity contribution in [2.75, 3.05) is 14.2 Å². The third-order valence-electron chi connectivity index (χ3n) is 6.68. The summed E-state index contributed by atoms with van der Waals surface area (Å²) >= 11 is 0. The molecule has 0 bridgehead atoms. The normalized spacial score (nSPS) is 15.5. The van der Waals surface area contributed by atoms with Gasteiger partial charge in [0.05, 0.1) is 19.8 Å². The maximum absolute atomic E-state index is 12.5. The van der Waals surface area contributed by atoms with E-state index in [2.05, 4.69) is 37.4 Å². The highest BCUT2D eigenvalue weighted by Crippen LogP contribution is 2.34. The summed E-state index contributed by atoms with van der Waals surface area (Å²) in [7, 11) is 3.08. The molecule has 0 unspecified atom stereocenters. The Morgan fingerprint density at radius 1 is 1.10 bits per heavy atom. The van der Waals surface area contributed by atoms with Crippen LogP contribution in [0.1, 0.15) is 73.4 Å². The number of rotatable bonds is 9. The van der Waals surface area contributed by atoms with Gasteiger partial charge in [-0.3, -0.25) is 0 Å². The molecular weight excluding hydrogens is 386 g/mol. The Kier molecular flexibility index (Phi) is 8.53. The molecule has 0 aromatic heterocycles. The van der Waals surface area contributed by atoms with E-state index in [0.717, 1.165) is 40.3 Å². The van der Waals surface area contributed by atoms with Gasteiger partial charge in [-0.25, -0.2) is 4.79 Å². The molecule has 2 aromatic rings. The van der Waals surface area contributed by atoms with E-state index in [1.54, 1.807) is 7.11 Å². The number of carbonyl (C=O) groups excluding carboxylic acids is 1. The summed E-state index contributed by atoms with van der Waals surface area (Å²) in [6, 6.07) is 12.5. The molecule has 0 heterocycles. The van der Waals surface area contributed by atoms with E-state index in [-0.39, 0.29) is 5.97 Å². The number of methoxy groups -OCH3 is 2. The van der Waals surface area contributed by atoms with Crippen molar-refractivity contribution in [3.63, 3.8) is 0 Å². The minimum absolute atomic E-state index is 0.347. The first kappa shape index (κ1) is 23.3. The second-order valence-electron chi connectivity index (χ2n) is 8.74. The molecule has 0 amide bonds. The average Bonchev–Trinajstić information content (AvgIpc) is 2.81. The van der Waals surface area contributed by atoms with E-state index in [1.165, 1.54) is 45.6 Å². The van der Waals surface area contributed by atoms with Crippen LogP contribution < -0.4 is 10.1 Å². The fourth-order valence-corrected chi connectivity index (χ4v) is 4.80. The molecule has 4 nitrogen and oxygen atoms in total. The number of hydrogen-bond acceptors (Lipinski definition) is 4. The zero-order valence-electron chi connectivity index (χ0n) is 19.5. The van der Waals surface area contributed by atoms with Gasteiger partial charge in [-0.1, -0.05) is 63.3 Å². The fraction of sp³-hybridized carbons (Fsp3) is 0.519. The van der Waals surface area contributed by atoms with Crippen molar-refractivity contribution in [2.45, 2.75) is 71.4 Å². The molecule has 0 aliphatic heterocycles. The van der Waals surface area contributed by atoms with Crippen LogP contribution in [0.4, 0.5) is 0 Å². The van der Waals surface area contributed by atoms with Gasteiger partial charge in [0.2, 0.25) is 0 Å². The summed E-state index contributed by atoms with van der Waals surface area (Å²) in [5, 5.41) is 3.77. The molecule has 0 radical (unpaired) electrons. The molecule has 1 aliphatic carbocycles. The topological polar surface area (TPSA) is 47.6 Å². The van der Waals surface area contributed by atoms with Gasteiger partial charge in [0.1, 0.15) is 5.75 Å². The number of carbonyl (C=O) groups is 1. The van der Waals surface area contributed by atoms with Crippen LogP contribution in [0.3, 0.4) is 0 Å². The first-order valence-electron chi connectivity index (χ1n) is 11.7. The second kappa shape index (κ2) is 11.3. The molecule has 31 heavy (non-hydrogen) atoms. The Labute approximate surface area is 187 Å². The Morgan fingerprint density at radius 3 is 2.48 bits per heavy atom. The van der Waals surface area contributed by atoms with Gasteiger partial charge in [0.25, 0.3) is 0 Å². The summed E-state index contributed by atoms with van der Waals surface area (Å²) < 4.78 is 10.7. The number of hydrogen-bond donors (Lipinski definition) is 1. The van der Waals surface area contributed by atoms with Crippen molar-refractivity contribution in [1.82, 2.24) is 5.32 Å². The van der Waals surface area contributed by atoms with Gasteiger partial charge in [-0.05, 0) is 54.5 Å². The van der Waals surface area contributed by atoms with Gasteiger partial charge < -0.3 is 14.8 Å². The smallest absolute Gasteiger partial charge is 0.338 e. The zero-order chi connectivity index (χ0) is 22.2. The van der Waals surface area contributed by atoms with Crippen molar-refractivity contribution in [3.8, 4) is 16.9 Å². The molecule has 0 saturated heterocycles. The molecule has 1 N–H and O–H groups in total. The summed E-state index contributed by atoms with van der Waals surface area (Å²) in [4.78, 5) is 12.5. The lowest BCUT2D eigenvalue weighted by atomic mass is 9.84. The lowest BCUT2D eigenvalue weighted by Gasteiger charge is -2.27. The van der Waals surface area contributed by atoms with Crippen molar-refractivity contribution in [2.24, 2.45) is 5.92 Å². The van der Waals surface area contributed by atoms with Gasteiger partial charge in [0.15, 0.2) is 0 Å². The minimum Gasteiger partial charge on any atom is -0.496 e. The molecule has 0 spiro atoms. The summed E-state index contributed by atoms with van der Waals surface area (Å²) in [5.41, 5.74) is 4.66. The van der Waals surface area contributed by atoms with Crippen LogP contribution in [0.2, 0.25) is 0 Å². The number of esters is 1. The molecular formula is C27H37NO3. The number of aryl methyl sites for hydroxylation is 1. The van der Waals surface area contributed by atoms with Gasteiger partial charge in [0, 0.05) is 18.2 Å².